The van der Waals surface area contributed by atoms with Crippen LogP contribution in [0.1, 0.15) is 38.7 Å². The molecule has 0 aliphatic heterocycles. The number of hydrogen-bond acceptors (Lipinski definition) is 2. The summed E-state index contributed by atoms with van der Waals surface area (Å²) in [5.41, 5.74) is 3.62. The number of rotatable bonds is 2. The van der Waals surface area contributed by atoms with E-state index in [1.807, 2.05) is 30.3 Å². The summed E-state index contributed by atoms with van der Waals surface area (Å²) in [6.45, 7) is 3.70. The number of aliphatic hydroxyl groups is 1. The maximum atomic E-state index is 12.5. The maximum absolute atomic E-state index is 12.5. The summed E-state index contributed by atoms with van der Waals surface area (Å²) in [5, 5.41) is 10.4. The van der Waals surface area contributed by atoms with Gasteiger partial charge in [-0.05, 0) is 29.2 Å². The molecule has 0 bridgehead atoms. The number of carbonyl (C=O) groups excluding carboxylic acids is 1. The van der Waals surface area contributed by atoms with Crippen LogP contribution in [0.15, 0.2) is 55.1 Å². The lowest BCUT2D eigenvalue weighted by Gasteiger charge is -2.24. The molecule has 1 atom stereocenters. The van der Waals surface area contributed by atoms with Crippen LogP contribution in [-0.2, 0) is 6.42 Å². The van der Waals surface area contributed by atoms with Crippen molar-refractivity contribution in [2.24, 2.45) is 0 Å². The summed E-state index contributed by atoms with van der Waals surface area (Å²) in [6.07, 6.45) is 1.80. The van der Waals surface area contributed by atoms with Crippen molar-refractivity contribution in [2.45, 2.75) is 12.5 Å². The standard InChI is InChI=1S/C17H14O2/c1-2-5-11-8-9-14-15(10-11)17(19)13-7-4-3-6-12(13)16(14)18/h2-4,6-10,16,18H,1,5H2. The summed E-state index contributed by atoms with van der Waals surface area (Å²) >= 11 is 0. The number of hydrogen-bond donors (Lipinski definition) is 1. The average Bonchev–Trinajstić information content (AvgIpc) is 2.45. The maximum Gasteiger partial charge on any atom is 0.193 e. The molecule has 1 aliphatic carbocycles. The van der Waals surface area contributed by atoms with Gasteiger partial charge in [0.05, 0.1) is 0 Å². The van der Waals surface area contributed by atoms with Crippen LogP contribution in [0.4, 0.5) is 0 Å². The molecule has 0 saturated carbocycles. The van der Waals surface area contributed by atoms with Gasteiger partial charge in [-0.15, -0.1) is 6.58 Å². The quantitative estimate of drug-likeness (QED) is 0.832. The van der Waals surface area contributed by atoms with Crippen LogP contribution < -0.4 is 0 Å². The molecule has 0 aromatic heterocycles. The molecule has 3 rings (SSSR count). The molecule has 2 nitrogen and oxygen atoms in total. The number of carbonyl (C=O) groups is 1. The lowest BCUT2D eigenvalue weighted by Crippen LogP contribution is -2.19. The van der Waals surface area contributed by atoms with Crippen LogP contribution in [0, 0.1) is 0 Å². The van der Waals surface area contributed by atoms with Gasteiger partial charge < -0.3 is 5.11 Å². The van der Waals surface area contributed by atoms with Crippen LogP contribution in [0.25, 0.3) is 0 Å². The van der Waals surface area contributed by atoms with Crippen LogP contribution in [0.3, 0.4) is 0 Å². The molecule has 19 heavy (non-hydrogen) atoms. The third kappa shape index (κ3) is 1.81. The minimum Gasteiger partial charge on any atom is -0.384 e. The Labute approximate surface area is 112 Å². The number of benzene rings is 2. The Hall–Kier alpha value is -2.19. The Morgan fingerprint density at radius 3 is 2.63 bits per heavy atom. The van der Waals surface area contributed by atoms with Crippen molar-refractivity contribution in [1.82, 2.24) is 0 Å². The lowest BCUT2D eigenvalue weighted by atomic mass is 9.82. The van der Waals surface area contributed by atoms with Gasteiger partial charge in [0.15, 0.2) is 5.78 Å². The molecule has 1 N–H and O–H groups in total. The van der Waals surface area contributed by atoms with Gasteiger partial charge in [-0.1, -0.05) is 42.5 Å². The highest BCUT2D eigenvalue weighted by atomic mass is 16.3. The van der Waals surface area contributed by atoms with E-state index < -0.39 is 6.10 Å². The second-order valence-electron chi connectivity index (χ2n) is 4.73. The summed E-state index contributed by atoms with van der Waals surface area (Å²) in [4.78, 5) is 12.5. The van der Waals surface area contributed by atoms with Crippen LogP contribution in [-0.4, -0.2) is 10.9 Å². The summed E-state index contributed by atoms with van der Waals surface area (Å²) in [5.74, 6) is -0.0122. The lowest BCUT2D eigenvalue weighted by molar-refractivity contribution is 0.101. The molecule has 0 amide bonds. The van der Waals surface area contributed by atoms with E-state index in [4.69, 9.17) is 0 Å². The highest BCUT2D eigenvalue weighted by molar-refractivity contribution is 6.12. The van der Waals surface area contributed by atoms with Crippen molar-refractivity contribution in [1.29, 1.82) is 0 Å². The summed E-state index contributed by atoms with van der Waals surface area (Å²) in [7, 11) is 0. The molecule has 0 fully saturated rings. The number of ketones is 1. The van der Waals surface area contributed by atoms with Gasteiger partial charge in [-0.25, -0.2) is 0 Å². The minimum atomic E-state index is -0.721. The van der Waals surface area contributed by atoms with Crippen LogP contribution in [0.2, 0.25) is 0 Å². The zero-order valence-electron chi connectivity index (χ0n) is 10.5. The fourth-order valence-corrected chi connectivity index (χ4v) is 2.59. The zero-order valence-corrected chi connectivity index (χ0v) is 10.5. The molecular formula is C17H14O2. The van der Waals surface area contributed by atoms with Gasteiger partial charge in [0, 0.05) is 11.1 Å². The monoisotopic (exact) mass is 250 g/mol. The summed E-state index contributed by atoms with van der Waals surface area (Å²) in [6, 6.07) is 12.9. The molecular weight excluding hydrogens is 236 g/mol. The van der Waals surface area contributed by atoms with Crippen molar-refractivity contribution in [3.05, 3.63) is 82.9 Å². The molecule has 1 unspecified atom stereocenters. The molecule has 0 saturated heterocycles. The molecule has 0 spiro atoms. The number of aliphatic hydroxyl groups excluding tert-OH is 1. The highest BCUT2D eigenvalue weighted by Crippen LogP contribution is 2.35. The first kappa shape index (κ1) is 11.9. The smallest absolute Gasteiger partial charge is 0.193 e. The average molecular weight is 250 g/mol. The fourth-order valence-electron chi connectivity index (χ4n) is 2.59. The van der Waals surface area contributed by atoms with Gasteiger partial charge in [0.1, 0.15) is 6.10 Å². The number of allylic oxidation sites excluding steroid dienone is 1. The second-order valence-corrected chi connectivity index (χ2v) is 4.73. The zero-order chi connectivity index (χ0) is 13.4. The Bertz CT molecular complexity index is 671. The van der Waals surface area contributed by atoms with Crippen molar-refractivity contribution in [3.8, 4) is 0 Å². The van der Waals surface area contributed by atoms with Crippen LogP contribution >= 0.6 is 0 Å². The third-order valence-electron chi connectivity index (χ3n) is 3.54. The Kier molecular flexibility index (Phi) is 2.80. The van der Waals surface area contributed by atoms with Gasteiger partial charge >= 0.3 is 0 Å². The normalized spacial score (nSPS) is 16.7. The largest absolute Gasteiger partial charge is 0.384 e. The molecule has 2 aromatic rings. The Balaban J connectivity index is 2.18. The van der Waals surface area contributed by atoms with Crippen molar-refractivity contribution in [2.75, 3.05) is 0 Å². The van der Waals surface area contributed by atoms with E-state index >= 15 is 0 Å². The van der Waals surface area contributed by atoms with Crippen LogP contribution in [0.5, 0.6) is 0 Å². The van der Waals surface area contributed by atoms with Gasteiger partial charge in [-0.3, -0.25) is 4.79 Å². The van der Waals surface area contributed by atoms with E-state index in [0.29, 0.717) is 22.3 Å². The Morgan fingerprint density at radius 2 is 1.84 bits per heavy atom. The molecule has 2 heteroatoms. The van der Waals surface area contributed by atoms with E-state index in [2.05, 4.69) is 6.58 Å². The van der Waals surface area contributed by atoms with E-state index in [-0.39, 0.29) is 5.78 Å². The van der Waals surface area contributed by atoms with Gasteiger partial charge in [0.2, 0.25) is 0 Å². The molecule has 1 aliphatic rings. The first-order valence-corrected chi connectivity index (χ1v) is 6.28. The van der Waals surface area contributed by atoms with E-state index in [1.165, 1.54) is 0 Å². The topological polar surface area (TPSA) is 37.3 Å². The fraction of sp³-hybridized carbons (Fsp3) is 0.118. The second kappa shape index (κ2) is 4.48. The third-order valence-corrected chi connectivity index (χ3v) is 3.54. The van der Waals surface area contributed by atoms with E-state index in [0.717, 1.165) is 12.0 Å². The minimum absolute atomic E-state index is 0.0122. The predicted molar refractivity (Wildman–Crippen MR) is 74.3 cm³/mol. The van der Waals surface area contributed by atoms with Gasteiger partial charge in [0.25, 0.3) is 0 Å². The molecule has 2 aromatic carbocycles. The van der Waals surface area contributed by atoms with Gasteiger partial charge in [-0.2, -0.15) is 0 Å². The van der Waals surface area contributed by atoms with E-state index in [1.54, 1.807) is 18.2 Å². The first-order chi connectivity index (χ1) is 9.22. The van der Waals surface area contributed by atoms with Crippen molar-refractivity contribution >= 4 is 5.78 Å². The number of fused-ring (bicyclic) bond motifs is 2. The Morgan fingerprint density at radius 1 is 1.11 bits per heavy atom. The predicted octanol–water partition coefficient (Wildman–Crippen LogP) is 3.04. The molecule has 0 heterocycles. The summed E-state index contributed by atoms with van der Waals surface area (Å²) < 4.78 is 0. The first-order valence-electron chi connectivity index (χ1n) is 6.28. The van der Waals surface area contributed by atoms with Crippen molar-refractivity contribution < 1.29 is 9.90 Å². The molecule has 0 radical (unpaired) electrons. The SMILES string of the molecule is C=CCc1ccc2c(c1)C(=O)c1ccccc1C2O. The highest BCUT2D eigenvalue weighted by Gasteiger charge is 2.29. The molecule has 94 valence electrons. The van der Waals surface area contributed by atoms with Crippen molar-refractivity contribution in [3.63, 3.8) is 0 Å². The van der Waals surface area contributed by atoms with E-state index in [9.17, 15) is 9.90 Å².